The van der Waals surface area contributed by atoms with E-state index in [4.69, 9.17) is 0 Å². The van der Waals surface area contributed by atoms with Gasteiger partial charge in [-0.2, -0.15) is 0 Å². The van der Waals surface area contributed by atoms with E-state index in [2.05, 4.69) is 53.2 Å². The van der Waals surface area contributed by atoms with Gasteiger partial charge in [-0.1, -0.05) is 34.1 Å². The zero-order valence-electron chi connectivity index (χ0n) is 16.8. The molecule has 2 N–H and O–H groups in total. The third-order valence-corrected chi connectivity index (χ3v) is 6.26. The van der Waals surface area contributed by atoms with E-state index < -0.39 is 0 Å². The maximum atomic E-state index is 13.0. The summed E-state index contributed by atoms with van der Waals surface area (Å²) in [4.78, 5) is 33.1. The molecule has 2 amide bonds. The van der Waals surface area contributed by atoms with Crippen LogP contribution in [-0.4, -0.2) is 33.1 Å². The second-order valence-electron chi connectivity index (χ2n) is 7.51. The predicted octanol–water partition coefficient (Wildman–Crippen LogP) is 4.95. The number of imide groups is 1. The Morgan fingerprint density at radius 3 is 2.62 bits per heavy atom. The molecule has 32 heavy (non-hydrogen) atoms. The number of amides is 2. The first-order valence-electron chi connectivity index (χ1n) is 10.1. The number of aliphatic imine (C=N–C) groups is 1. The van der Waals surface area contributed by atoms with Crippen LogP contribution in [0.2, 0.25) is 0 Å². The number of halogens is 1. The molecule has 0 atom stereocenters. The number of hydrogen-bond donors (Lipinski definition) is 2. The minimum atomic E-state index is -0.389. The number of carbonyl (C=O) groups is 2. The van der Waals surface area contributed by atoms with E-state index in [0.29, 0.717) is 29.8 Å². The lowest BCUT2D eigenvalue weighted by atomic mass is 9.95. The minimum absolute atomic E-state index is 0.386. The number of aromatic nitrogens is 2. The number of fused-ring (bicyclic) bond motifs is 2. The van der Waals surface area contributed by atoms with Crippen molar-refractivity contribution in [1.82, 2.24) is 14.9 Å². The Kier molecular flexibility index (Phi) is 5.35. The van der Waals surface area contributed by atoms with Gasteiger partial charge in [0.25, 0.3) is 11.8 Å². The first-order valence-corrected chi connectivity index (χ1v) is 11.3. The number of aromatic amines is 1. The van der Waals surface area contributed by atoms with E-state index in [9.17, 15) is 9.59 Å². The summed E-state index contributed by atoms with van der Waals surface area (Å²) in [7, 11) is 0. The number of aryl methyl sites for hydroxylation is 1. The Bertz CT molecular complexity index is 1490. The number of nitrogens with zero attached hydrogens (tertiary/aromatic N) is 2. The quantitative estimate of drug-likeness (QED) is 0.169. The standard InChI is InChI=1S/C24H17BrN4O2S/c25-14-6-7-20-16(10-14)18(12-29(20)9-3-8-26-13-32)22-21(23(30)28-24(22)31)17-11-27-19-5-2-1-4-15(17)19/h1-2,4-7,10-12,27H,3,8-9H2,(H,28,30,31). The summed E-state index contributed by atoms with van der Waals surface area (Å²) in [6, 6.07) is 13.7. The fourth-order valence-corrected chi connectivity index (χ4v) is 4.72. The number of benzene rings is 2. The zero-order chi connectivity index (χ0) is 22.2. The SMILES string of the molecule is O=C1NC(=O)C(c2cn(CCCN=C=S)c3ccc(Br)cc23)=C1c1c[nH]c2ccccc12. The topological polar surface area (TPSA) is 79.2 Å². The molecule has 0 aliphatic carbocycles. The van der Waals surface area contributed by atoms with Crippen molar-refractivity contribution >= 4 is 78.1 Å². The minimum Gasteiger partial charge on any atom is -0.361 e. The highest BCUT2D eigenvalue weighted by Gasteiger charge is 2.35. The van der Waals surface area contributed by atoms with Crippen molar-refractivity contribution in [2.75, 3.05) is 6.54 Å². The van der Waals surface area contributed by atoms with Gasteiger partial charge in [0.1, 0.15) is 0 Å². The van der Waals surface area contributed by atoms with Gasteiger partial charge in [-0.3, -0.25) is 14.9 Å². The largest absolute Gasteiger partial charge is 0.361 e. The van der Waals surface area contributed by atoms with Crippen molar-refractivity contribution in [2.45, 2.75) is 13.0 Å². The summed E-state index contributed by atoms with van der Waals surface area (Å²) >= 11 is 8.18. The Labute approximate surface area is 197 Å². The molecular weight excluding hydrogens is 488 g/mol. The average Bonchev–Trinajstić information content (AvgIpc) is 3.44. The molecule has 0 spiro atoms. The molecule has 8 heteroatoms. The lowest BCUT2D eigenvalue weighted by molar-refractivity contribution is -0.122. The van der Waals surface area contributed by atoms with Crippen LogP contribution in [0.1, 0.15) is 17.5 Å². The van der Waals surface area contributed by atoms with E-state index in [1.165, 1.54) is 0 Å². The summed E-state index contributed by atoms with van der Waals surface area (Å²) in [5, 5.41) is 6.68. The molecule has 2 aromatic carbocycles. The summed E-state index contributed by atoms with van der Waals surface area (Å²) in [6.45, 7) is 1.28. The van der Waals surface area contributed by atoms with Crippen LogP contribution in [0.4, 0.5) is 0 Å². The monoisotopic (exact) mass is 504 g/mol. The molecule has 158 valence electrons. The molecule has 5 rings (SSSR count). The third-order valence-electron chi connectivity index (χ3n) is 5.64. The lowest BCUT2D eigenvalue weighted by Crippen LogP contribution is -2.22. The number of isothiocyanates is 1. The third kappa shape index (κ3) is 3.42. The van der Waals surface area contributed by atoms with Crippen LogP contribution in [0.25, 0.3) is 33.0 Å². The van der Waals surface area contributed by atoms with Gasteiger partial charge in [0, 0.05) is 56.3 Å². The van der Waals surface area contributed by atoms with Gasteiger partial charge in [0.15, 0.2) is 0 Å². The van der Waals surface area contributed by atoms with Crippen LogP contribution in [-0.2, 0) is 16.1 Å². The maximum absolute atomic E-state index is 13.0. The summed E-state index contributed by atoms with van der Waals surface area (Å²) in [5.74, 6) is -0.777. The lowest BCUT2D eigenvalue weighted by Gasteiger charge is -2.03. The number of para-hydroxylation sites is 1. The van der Waals surface area contributed by atoms with Crippen molar-refractivity contribution in [2.24, 2.45) is 4.99 Å². The Balaban J connectivity index is 1.73. The Hall–Kier alpha value is -3.32. The van der Waals surface area contributed by atoms with Crippen molar-refractivity contribution < 1.29 is 9.59 Å². The first kappa shape index (κ1) is 20.6. The fourth-order valence-electron chi connectivity index (χ4n) is 4.27. The van der Waals surface area contributed by atoms with Crippen molar-refractivity contribution in [3.63, 3.8) is 0 Å². The Morgan fingerprint density at radius 2 is 1.81 bits per heavy atom. The Morgan fingerprint density at radius 1 is 1.03 bits per heavy atom. The maximum Gasteiger partial charge on any atom is 0.259 e. The first-order chi connectivity index (χ1) is 15.6. The average molecular weight is 505 g/mol. The molecule has 2 aromatic heterocycles. The number of hydrogen-bond acceptors (Lipinski definition) is 4. The van der Waals surface area contributed by atoms with E-state index in [-0.39, 0.29) is 11.8 Å². The molecule has 0 saturated carbocycles. The van der Waals surface area contributed by atoms with Crippen LogP contribution < -0.4 is 5.32 Å². The van der Waals surface area contributed by atoms with Gasteiger partial charge in [0.05, 0.1) is 22.9 Å². The van der Waals surface area contributed by atoms with Crippen LogP contribution in [0.3, 0.4) is 0 Å². The molecule has 4 aromatic rings. The number of nitrogens with one attached hydrogen (secondary N) is 2. The van der Waals surface area contributed by atoms with E-state index in [1.807, 2.05) is 48.7 Å². The van der Waals surface area contributed by atoms with Gasteiger partial charge in [-0.05, 0) is 42.9 Å². The van der Waals surface area contributed by atoms with Crippen LogP contribution >= 0.6 is 28.1 Å². The number of carbonyl (C=O) groups excluding carboxylic acids is 2. The highest BCUT2D eigenvalue weighted by atomic mass is 79.9. The fraction of sp³-hybridized carbons (Fsp3) is 0.125. The number of thiocarbonyl (C=S) groups is 1. The second kappa shape index (κ2) is 8.31. The van der Waals surface area contributed by atoms with Gasteiger partial charge in [-0.25, -0.2) is 4.99 Å². The highest BCUT2D eigenvalue weighted by Crippen LogP contribution is 2.39. The van der Waals surface area contributed by atoms with Crippen molar-refractivity contribution in [1.29, 1.82) is 0 Å². The van der Waals surface area contributed by atoms with Crippen molar-refractivity contribution in [3.8, 4) is 0 Å². The molecule has 0 radical (unpaired) electrons. The molecular formula is C24H17BrN4O2S. The summed E-state index contributed by atoms with van der Waals surface area (Å²) < 4.78 is 2.99. The van der Waals surface area contributed by atoms with Gasteiger partial charge in [0.2, 0.25) is 0 Å². The molecule has 0 bridgehead atoms. The van der Waals surface area contributed by atoms with Crippen molar-refractivity contribution in [3.05, 3.63) is 70.5 Å². The van der Waals surface area contributed by atoms with Gasteiger partial charge >= 0.3 is 0 Å². The summed E-state index contributed by atoms with van der Waals surface area (Å²) in [5.41, 5.74) is 4.10. The predicted molar refractivity (Wildman–Crippen MR) is 132 cm³/mol. The zero-order valence-corrected chi connectivity index (χ0v) is 19.2. The van der Waals surface area contributed by atoms with E-state index in [1.54, 1.807) is 6.20 Å². The van der Waals surface area contributed by atoms with Gasteiger partial charge in [-0.15, -0.1) is 0 Å². The van der Waals surface area contributed by atoms with Crippen LogP contribution in [0.15, 0.2) is 64.3 Å². The molecule has 1 aliphatic heterocycles. The smallest absolute Gasteiger partial charge is 0.259 e. The molecule has 1 aliphatic rings. The number of rotatable bonds is 6. The number of H-pyrrole nitrogens is 1. The highest BCUT2D eigenvalue weighted by molar-refractivity contribution is 9.10. The van der Waals surface area contributed by atoms with Gasteiger partial charge < -0.3 is 9.55 Å². The molecule has 6 nitrogen and oxygen atoms in total. The molecule has 3 heterocycles. The second-order valence-corrected chi connectivity index (χ2v) is 8.60. The molecule has 0 unspecified atom stereocenters. The van der Waals surface area contributed by atoms with E-state index >= 15 is 0 Å². The van der Waals surface area contributed by atoms with E-state index in [0.717, 1.165) is 38.3 Å². The normalized spacial score (nSPS) is 13.8. The summed E-state index contributed by atoms with van der Waals surface area (Å²) in [6.07, 6.45) is 4.51. The molecule has 0 saturated heterocycles. The van der Waals surface area contributed by atoms with Crippen LogP contribution in [0, 0.1) is 0 Å². The van der Waals surface area contributed by atoms with Crippen LogP contribution in [0.5, 0.6) is 0 Å². The molecule has 0 fully saturated rings.